The first-order valence-corrected chi connectivity index (χ1v) is 12.4. The molecule has 0 unspecified atom stereocenters. The maximum absolute atomic E-state index is 13.9. The molecule has 180 valence electrons. The maximum atomic E-state index is 13.9. The van der Waals surface area contributed by atoms with Gasteiger partial charge in [-0.15, -0.1) is 0 Å². The van der Waals surface area contributed by atoms with Gasteiger partial charge >= 0.3 is 0 Å². The molecule has 1 fully saturated rings. The third-order valence-corrected chi connectivity index (χ3v) is 8.25. The summed E-state index contributed by atoms with van der Waals surface area (Å²) in [6.45, 7) is 1.41. The Morgan fingerprint density at radius 2 is 0.972 bits per heavy atom. The summed E-state index contributed by atoms with van der Waals surface area (Å²) in [5.74, 6) is -1.44. The zero-order valence-electron chi connectivity index (χ0n) is 20.9. The minimum Gasteiger partial charge on any atom is -0.356 e. The summed E-state index contributed by atoms with van der Waals surface area (Å²) in [6.07, 6.45) is 0. The second-order valence-corrected chi connectivity index (χ2v) is 10.5. The van der Waals surface area contributed by atoms with Gasteiger partial charge in [0.25, 0.3) is 0 Å². The lowest BCUT2D eigenvalue weighted by Gasteiger charge is -2.42. The number of hydrogen-bond acceptors (Lipinski definition) is 6. The summed E-state index contributed by atoms with van der Waals surface area (Å²) in [7, 11) is 8.22. The fourth-order valence-corrected chi connectivity index (χ4v) is 6.70. The van der Waals surface area contributed by atoms with E-state index in [-0.39, 0.29) is 11.6 Å². The molecule has 0 N–H and O–H groups in total. The van der Waals surface area contributed by atoms with Crippen LogP contribution in [0.25, 0.3) is 21.5 Å². The Morgan fingerprint density at radius 1 is 0.556 bits per heavy atom. The Hall–Kier alpha value is -4.06. The van der Waals surface area contributed by atoms with E-state index in [2.05, 4.69) is 70.1 Å². The smallest absolute Gasteiger partial charge is 0.162 e. The molecule has 0 spiro atoms. The van der Waals surface area contributed by atoms with Gasteiger partial charge in [-0.1, -0.05) is 48.5 Å². The first-order chi connectivity index (χ1) is 17.4. The van der Waals surface area contributed by atoms with Gasteiger partial charge in [0.15, 0.2) is 11.6 Å². The van der Waals surface area contributed by atoms with E-state index in [0.29, 0.717) is 13.3 Å². The van der Waals surface area contributed by atoms with Crippen LogP contribution in [0.4, 0.5) is 22.7 Å². The van der Waals surface area contributed by atoms with Crippen molar-refractivity contribution in [2.24, 2.45) is 0 Å². The van der Waals surface area contributed by atoms with Crippen LogP contribution in [-0.4, -0.2) is 53.1 Å². The van der Waals surface area contributed by atoms with Crippen molar-refractivity contribution >= 4 is 55.9 Å². The van der Waals surface area contributed by atoms with Crippen molar-refractivity contribution in [1.82, 2.24) is 0 Å². The molecule has 2 aliphatic heterocycles. The van der Waals surface area contributed by atoms with Crippen molar-refractivity contribution in [3.8, 4) is 0 Å². The highest BCUT2D eigenvalue weighted by Crippen LogP contribution is 2.52. The lowest BCUT2D eigenvalue weighted by Crippen LogP contribution is -2.47. The van der Waals surface area contributed by atoms with Gasteiger partial charge in [-0.2, -0.15) is 0 Å². The number of Topliss-reactive ketones (excluding diaryl/α,β-unsaturated/α-hetero) is 2. The van der Waals surface area contributed by atoms with Crippen molar-refractivity contribution in [2.45, 2.75) is 11.8 Å². The van der Waals surface area contributed by atoms with E-state index in [9.17, 15) is 9.59 Å². The maximum Gasteiger partial charge on any atom is 0.162 e. The van der Waals surface area contributed by atoms with E-state index >= 15 is 0 Å². The average molecular weight is 477 g/mol. The molecule has 0 aromatic heterocycles. The summed E-state index contributed by atoms with van der Waals surface area (Å²) in [6, 6.07) is 20.6. The fraction of sp³-hybridized carbons (Fsp3) is 0.267. The number of anilines is 4. The molecule has 4 aromatic rings. The van der Waals surface area contributed by atoms with Crippen LogP contribution in [0.5, 0.6) is 0 Å². The summed E-state index contributed by atoms with van der Waals surface area (Å²) in [5, 5.41) is 4.47. The second-order valence-electron chi connectivity index (χ2n) is 10.5. The number of rotatable bonds is 2. The van der Waals surface area contributed by atoms with Crippen LogP contribution < -0.4 is 19.6 Å². The topological polar surface area (TPSA) is 47.1 Å². The summed E-state index contributed by atoms with van der Waals surface area (Å²) < 4.78 is 0. The Balaban J connectivity index is 1.36. The number of benzene rings is 4. The molecule has 6 heteroatoms. The molecule has 0 bridgehead atoms. The zero-order valence-corrected chi connectivity index (χ0v) is 20.9. The van der Waals surface area contributed by atoms with E-state index < -0.39 is 11.8 Å². The third-order valence-electron chi connectivity index (χ3n) is 8.25. The fourth-order valence-electron chi connectivity index (χ4n) is 6.70. The van der Waals surface area contributed by atoms with Crippen LogP contribution in [0.1, 0.15) is 23.0 Å². The van der Waals surface area contributed by atoms with Gasteiger partial charge in [-0.25, -0.2) is 0 Å². The van der Waals surface area contributed by atoms with Crippen molar-refractivity contribution in [3.63, 3.8) is 0 Å². The van der Waals surface area contributed by atoms with Crippen LogP contribution >= 0.6 is 0 Å². The van der Waals surface area contributed by atoms with E-state index in [0.717, 1.165) is 55.4 Å². The summed E-state index contributed by atoms with van der Waals surface area (Å²) in [5.41, 5.74) is 5.95. The van der Waals surface area contributed by atoms with Crippen LogP contribution in [-0.2, 0) is 9.59 Å². The Kier molecular flexibility index (Phi) is 4.27. The van der Waals surface area contributed by atoms with Crippen LogP contribution in [0.3, 0.4) is 0 Å². The van der Waals surface area contributed by atoms with Gasteiger partial charge in [-0.3, -0.25) is 9.59 Å². The lowest BCUT2D eigenvalue weighted by molar-refractivity contribution is -0.142. The Morgan fingerprint density at radius 3 is 1.39 bits per heavy atom. The molecular formula is C30H28N4O2. The second kappa shape index (κ2) is 7.23. The molecular weight excluding hydrogens is 448 g/mol. The van der Waals surface area contributed by atoms with E-state index in [1.807, 2.05) is 38.4 Å². The SMILES string of the molecule is CN1CN(C)c2c(C3C(=O)C(c4ccc5cccc6c5c4N(C)CN6C)C3=O)ccc3cccc1c23. The number of ketones is 2. The first-order valence-electron chi connectivity index (χ1n) is 12.4. The summed E-state index contributed by atoms with van der Waals surface area (Å²) >= 11 is 0. The zero-order chi connectivity index (χ0) is 24.9. The normalized spacial score (nSPS) is 21.0. The lowest BCUT2D eigenvalue weighted by atomic mass is 9.64. The largest absolute Gasteiger partial charge is 0.356 e. The van der Waals surface area contributed by atoms with Crippen LogP contribution in [0, 0.1) is 0 Å². The number of hydrogen-bond donors (Lipinski definition) is 0. The predicted molar refractivity (Wildman–Crippen MR) is 147 cm³/mol. The number of carbonyl (C=O) groups excluding carboxylic acids is 2. The molecule has 0 atom stereocenters. The highest BCUT2D eigenvalue weighted by Gasteiger charge is 2.53. The molecule has 36 heavy (non-hydrogen) atoms. The van der Waals surface area contributed by atoms with Crippen molar-refractivity contribution < 1.29 is 9.59 Å². The Bertz CT molecular complexity index is 1490. The standard InChI is InChI=1S/C30H28N4O2/c1-31-15-33(3)27-19(13-11-17-7-5-9-21(31)23(17)27)25-29(35)26(30(25)36)20-14-12-18-8-6-10-22-24(18)28(20)34(4)16-32(22)2/h5-14,25-26H,15-16H2,1-4H3. The van der Waals surface area contributed by atoms with Gasteiger partial charge in [0.05, 0.1) is 24.7 Å². The van der Waals surface area contributed by atoms with Crippen LogP contribution in [0.15, 0.2) is 60.7 Å². The van der Waals surface area contributed by atoms with Crippen molar-refractivity contribution in [3.05, 3.63) is 71.8 Å². The molecule has 3 aliphatic rings. The minimum atomic E-state index is -0.719. The van der Waals surface area contributed by atoms with Gasteiger partial charge < -0.3 is 19.6 Å². The number of nitrogens with zero attached hydrogens (tertiary/aromatic N) is 4. The molecule has 2 heterocycles. The van der Waals surface area contributed by atoms with E-state index in [1.54, 1.807) is 0 Å². The van der Waals surface area contributed by atoms with Gasteiger partial charge in [0.2, 0.25) is 0 Å². The van der Waals surface area contributed by atoms with E-state index in [1.165, 1.54) is 0 Å². The van der Waals surface area contributed by atoms with Gasteiger partial charge in [0, 0.05) is 50.3 Å². The molecule has 0 saturated heterocycles. The van der Waals surface area contributed by atoms with Gasteiger partial charge in [0.1, 0.15) is 11.8 Å². The van der Waals surface area contributed by atoms with Gasteiger partial charge in [-0.05, 0) is 34.0 Å². The molecule has 1 saturated carbocycles. The molecule has 6 nitrogen and oxygen atoms in total. The predicted octanol–water partition coefficient (Wildman–Crippen LogP) is 4.70. The minimum absolute atomic E-state index is 0.000758. The molecule has 4 aromatic carbocycles. The Labute approximate surface area is 210 Å². The highest BCUT2D eigenvalue weighted by atomic mass is 16.2. The molecule has 1 aliphatic carbocycles. The average Bonchev–Trinajstić information content (AvgIpc) is 2.86. The number of carbonyl (C=O) groups is 2. The van der Waals surface area contributed by atoms with Crippen molar-refractivity contribution in [2.75, 3.05) is 61.1 Å². The molecule has 0 amide bonds. The molecule has 7 rings (SSSR count). The summed E-state index contributed by atoms with van der Waals surface area (Å²) in [4.78, 5) is 36.4. The highest BCUT2D eigenvalue weighted by molar-refractivity contribution is 6.33. The van der Waals surface area contributed by atoms with E-state index in [4.69, 9.17) is 0 Å². The first kappa shape index (κ1) is 21.2. The quantitative estimate of drug-likeness (QED) is 0.391. The molecule has 0 radical (unpaired) electrons. The van der Waals surface area contributed by atoms with Crippen LogP contribution in [0.2, 0.25) is 0 Å². The van der Waals surface area contributed by atoms with Crippen molar-refractivity contribution in [1.29, 1.82) is 0 Å². The monoisotopic (exact) mass is 476 g/mol. The third kappa shape index (κ3) is 2.61.